The Bertz CT molecular complexity index is 600. The molecule has 96 valence electrons. The van der Waals surface area contributed by atoms with Crippen molar-refractivity contribution < 1.29 is 4.79 Å². The van der Waals surface area contributed by atoms with Crippen LogP contribution < -0.4 is 0 Å². The summed E-state index contributed by atoms with van der Waals surface area (Å²) in [4.78, 5) is 11.9. The molecule has 0 fully saturated rings. The lowest BCUT2D eigenvalue weighted by atomic mass is 10.1. The number of rotatable bonds is 4. The van der Waals surface area contributed by atoms with E-state index in [9.17, 15) is 4.79 Å². The molecule has 0 unspecified atom stereocenters. The highest BCUT2D eigenvalue weighted by Gasteiger charge is 2.02. The van der Waals surface area contributed by atoms with Gasteiger partial charge < -0.3 is 0 Å². The Morgan fingerprint density at radius 3 is 2.42 bits per heavy atom. The van der Waals surface area contributed by atoms with E-state index in [1.807, 2.05) is 60.7 Å². The highest BCUT2D eigenvalue weighted by Crippen LogP contribution is 2.14. The minimum Gasteiger partial charge on any atom is -0.294 e. The summed E-state index contributed by atoms with van der Waals surface area (Å²) < 4.78 is 2.02. The van der Waals surface area contributed by atoms with Crippen LogP contribution in [0, 0.1) is 0 Å². The zero-order chi connectivity index (χ0) is 13.7. The quantitative estimate of drug-likeness (QED) is 0.641. The number of carbonyl (C=O) groups excluding carboxylic acids is 1. The van der Waals surface area contributed by atoms with Crippen LogP contribution in [0.2, 0.25) is 0 Å². The molecule has 3 heteroatoms. The molecule has 2 aromatic carbocycles. The Morgan fingerprint density at radius 1 is 1.00 bits per heavy atom. The lowest BCUT2D eigenvalue weighted by molar-refractivity contribution is 0.0996. The zero-order valence-corrected chi connectivity index (χ0v) is 13.3. The van der Waals surface area contributed by atoms with Gasteiger partial charge in [0.05, 0.1) is 0 Å². The van der Waals surface area contributed by atoms with Crippen LogP contribution in [0.3, 0.4) is 0 Å². The van der Waals surface area contributed by atoms with Gasteiger partial charge in [-0.05, 0) is 29.8 Å². The van der Waals surface area contributed by atoms with E-state index < -0.39 is 0 Å². The molecule has 0 aromatic heterocycles. The van der Waals surface area contributed by atoms with Crippen molar-refractivity contribution in [3.8, 4) is 0 Å². The van der Waals surface area contributed by atoms with Crippen LogP contribution in [-0.4, -0.2) is 5.78 Å². The topological polar surface area (TPSA) is 17.1 Å². The summed E-state index contributed by atoms with van der Waals surface area (Å²) >= 11 is 6.78. The summed E-state index contributed by atoms with van der Waals surface area (Å²) in [6.45, 7) is 0. The molecular formula is C16H12Br2O. The molecule has 0 radical (unpaired) electrons. The Hall–Kier alpha value is -1.19. The maximum Gasteiger partial charge on any atom is 0.166 e. The summed E-state index contributed by atoms with van der Waals surface area (Å²) in [5.74, 6) is 0.124. The average molecular weight is 380 g/mol. The molecule has 0 amide bonds. The van der Waals surface area contributed by atoms with Gasteiger partial charge in [0.2, 0.25) is 0 Å². The first kappa shape index (κ1) is 14.2. The van der Waals surface area contributed by atoms with Crippen molar-refractivity contribution in [3.63, 3.8) is 0 Å². The number of ketones is 1. The standard InChI is InChI=1S/C16H12Br2O/c17-14-9-7-13(8-10-14)16(19)6-2-4-12-3-1-5-15(18)11-12/h1-5,7-11H,6H2/b4-2+. The summed E-state index contributed by atoms with van der Waals surface area (Å²) in [5, 5.41) is 0. The molecule has 0 saturated heterocycles. The second-order valence-corrected chi connectivity index (χ2v) is 5.92. The number of hydrogen-bond donors (Lipinski definition) is 0. The van der Waals surface area contributed by atoms with Gasteiger partial charge in [0, 0.05) is 20.9 Å². The van der Waals surface area contributed by atoms with Crippen LogP contribution >= 0.6 is 31.9 Å². The number of benzene rings is 2. The molecule has 0 aliphatic heterocycles. The third-order valence-electron chi connectivity index (χ3n) is 2.63. The minimum absolute atomic E-state index is 0.124. The van der Waals surface area contributed by atoms with Crippen molar-refractivity contribution in [1.29, 1.82) is 0 Å². The monoisotopic (exact) mass is 378 g/mol. The van der Waals surface area contributed by atoms with Crippen LogP contribution in [0.5, 0.6) is 0 Å². The Kier molecular flexibility index (Phi) is 5.11. The van der Waals surface area contributed by atoms with E-state index in [0.29, 0.717) is 6.42 Å². The van der Waals surface area contributed by atoms with Crippen LogP contribution in [0.15, 0.2) is 63.6 Å². The number of carbonyl (C=O) groups is 1. The minimum atomic E-state index is 0.124. The number of allylic oxidation sites excluding steroid dienone is 1. The Balaban J connectivity index is 1.98. The van der Waals surface area contributed by atoms with E-state index in [1.54, 1.807) is 0 Å². The zero-order valence-electron chi connectivity index (χ0n) is 10.1. The van der Waals surface area contributed by atoms with Gasteiger partial charge in [-0.3, -0.25) is 4.79 Å². The van der Waals surface area contributed by atoms with E-state index >= 15 is 0 Å². The summed E-state index contributed by atoms with van der Waals surface area (Å²) in [6.07, 6.45) is 4.27. The smallest absolute Gasteiger partial charge is 0.166 e. The lowest BCUT2D eigenvalue weighted by Crippen LogP contribution is -1.96. The molecule has 2 aromatic rings. The maximum atomic E-state index is 11.9. The fourth-order valence-electron chi connectivity index (χ4n) is 1.67. The van der Waals surface area contributed by atoms with Crippen molar-refractivity contribution in [2.75, 3.05) is 0 Å². The van der Waals surface area contributed by atoms with E-state index in [2.05, 4.69) is 31.9 Å². The number of Topliss-reactive ketones (excluding diaryl/α,β-unsaturated/α-hetero) is 1. The second kappa shape index (κ2) is 6.83. The van der Waals surface area contributed by atoms with Crippen molar-refractivity contribution in [1.82, 2.24) is 0 Å². The number of halogens is 2. The molecule has 1 nitrogen and oxygen atoms in total. The van der Waals surface area contributed by atoms with Gasteiger partial charge in [0.25, 0.3) is 0 Å². The van der Waals surface area contributed by atoms with Gasteiger partial charge >= 0.3 is 0 Å². The molecule has 0 heterocycles. The fraction of sp³-hybridized carbons (Fsp3) is 0.0625. The Labute approximate surface area is 129 Å². The second-order valence-electron chi connectivity index (χ2n) is 4.09. The molecule has 2 rings (SSSR count). The molecule has 0 aliphatic carbocycles. The highest BCUT2D eigenvalue weighted by atomic mass is 79.9. The molecule has 19 heavy (non-hydrogen) atoms. The highest BCUT2D eigenvalue weighted by molar-refractivity contribution is 9.10. The molecule has 0 spiro atoms. The van der Waals surface area contributed by atoms with E-state index in [-0.39, 0.29) is 5.78 Å². The lowest BCUT2D eigenvalue weighted by Gasteiger charge is -1.98. The first-order chi connectivity index (χ1) is 9.15. The predicted molar refractivity (Wildman–Crippen MR) is 86.3 cm³/mol. The maximum absolute atomic E-state index is 11.9. The third-order valence-corrected chi connectivity index (χ3v) is 3.65. The van der Waals surface area contributed by atoms with Crippen molar-refractivity contribution in [2.24, 2.45) is 0 Å². The largest absolute Gasteiger partial charge is 0.294 e. The molecule has 0 bridgehead atoms. The molecule has 0 aliphatic rings. The third kappa shape index (κ3) is 4.44. The fourth-order valence-corrected chi connectivity index (χ4v) is 2.35. The summed E-state index contributed by atoms with van der Waals surface area (Å²) in [6, 6.07) is 15.4. The van der Waals surface area contributed by atoms with E-state index in [0.717, 1.165) is 20.1 Å². The Morgan fingerprint density at radius 2 is 1.74 bits per heavy atom. The van der Waals surface area contributed by atoms with Crippen LogP contribution in [0.4, 0.5) is 0 Å². The van der Waals surface area contributed by atoms with Gasteiger partial charge in [-0.2, -0.15) is 0 Å². The first-order valence-corrected chi connectivity index (χ1v) is 7.44. The van der Waals surface area contributed by atoms with Gasteiger partial charge in [0.1, 0.15) is 0 Å². The van der Waals surface area contributed by atoms with E-state index in [4.69, 9.17) is 0 Å². The van der Waals surface area contributed by atoms with Gasteiger partial charge in [-0.15, -0.1) is 0 Å². The van der Waals surface area contributed by atoms with E-state index in [1.165, 1.54) is 0 Å². The van der Waals surface area contributed by atoms with Crippen molar-refractivity contribution in [2.45, 2.75) is 6.42 Å². The van der Waals surface area contributed by atoms with Crippen molar-refractivity contribution >= 4 is 43.7 Å². The number of hydrogen-bond acceptors (Lipinski definition) is 1. The summed E-state index contributed by atoms with van der Waals surface area (Å²) in [7, 11) is 0. The van der Waals surface area contributed by atoms with Crippen LogP contribution in [-0.2, 0) is 0 Å². The molecular weight excluding hydrogens is 368 g/mol. The predicted octanol–water partition coefficient (Wildman–Crippen LogP) is 5.50. The molecule has 0 N–H and O–H groups in total. The van der Waals surface area contributed by atoms with Crippen LogP contribution in [0.1, 0.15) is 22.3 Å². The van der Waals surface area contributed by atoms with Gasteiger partial charge in [-0.25, -0.2) is 0 Å². The SMILES string of the molecule is O=C(C/C=C/c1cccc(Br)c1)c1ccc(Br)cc1. The molecule has 0 atom stereocenters. The van der Waals surface area contributed by atoms with Crippen LogP contribution in [0.25, 0.3) is 6.08 Å². The summed E-state index contributed by atoms with van der Waals surface area (Å²) in [5.41, 5.74) is 1.82. The van der Waals surface area contributed by atoms with Crippen molar-refractivity contribution in [3.05, 3.63) is 74.7 Å². The van der Waals surface area contributed by atoms with Gasteiger partial charge in [0.15, 0.2) is 5.78 Å². The first-order valence-electron chi connectivity index (χ1n) is 5.86. The molecule has 0 saturated carbocycles. The average Bonchev–Trinajstić information content (AvgIpc) is 2.39. The normalized spacial score (nSPS) is 10.8. The van der Waals surface area contributed by atoms with Gasteiger partial charge in [-0.1, -0.05) is 68.3 Å².